The Bertz CT molecular complexity index is 961. The molecule has 2 N–H and O–H groups in total. The number of carbonyl (C=O) groups excluding carboxylic acids is 1. The predicted octanol–water partition coefficient (Wildman–Crippen LogP) is 3.18. The van der Waals surface area contributed by atoms with E-state index in [-0.39, 0.29) is 16.2 Å². The van der Waals surface area contributed by atoms with E-state index in [2.05, 4.69) is 10.4 Å². The highest BCUT2D eigenvalue weighted by molar-refractivity contribution is 7.71. The third-order valence-electron chi connectivity index (χ3n) is 2.92. The molecule has 8 heteroatoms. The maximum atomic E-state index is 12.4. The molecule has 3 rings (SSSR count). The smallest absolute Gasteiger partial charge is 0.282 e. The molecule has 0 spiro atoms. The number of hydrogen-bond donors (Lipinski definition) is 2. The van der Waals surface area contributed by atoms with Gasteiger partial charge < -0.3 is 4.98 Å². The van der Waals surface area contributed by atoms with Crippen molar-refractivity contribution in [3.63, 3.8) is 0 Å². The van der Waals surface area contributed by atoms with E-state index in [4.69, 9.17) is 12.2 Å². The van der Waals surface area contributed by atoms with E-state index >= 15 is 0 Å². The molecule has 0 aliphatic heterocycles. The zero-order valence-electron chi connectivity index (χ0n) is 11.2. The van der Waals surface area contributed by atoms with Crippen molar-refractivity contribution in [1.82, 2.24) is 9.66 Å². The Morgan fingerprint density at radius 3 is 2.76 bits per heavy atom. The summed E-state index contributed by atoms with van der Waals surface area (Å²) in [7, 11) is 0. The number of thiophene rings is 2. The van der Waals surface area contributed by atoms with Crippen LogP contribution in [0.15, 0.2) is 22.3 Å². The average Bonchev–Trinajstić information content (AvgIpc) is 3.00. The number of carbonyl (C=O) groups is 1. The van der Waals surface area contributed by atoms with E-state index in [1.165, 1.54) is 22.7 Å². The summed E-state index contributed by atoms with van der Waals surface area (Å²) >= 11 is 8.09. The van der Waals surface area contributed by atoms with Crippen LogP contribution < -0.4 is 11.0 Å². The summed E-state index contributed by atoms with van der Waals surface area (Å²) < 4.78 is 1.26. The first-order valence-corrected chi connectivity index (χ1v) is 8.18. The first-order chi connectivity index (χ1) is 9.95. The maximum Gasteiger partial charge on any atom is 0.282 e. The molecule has 0 unspecified atom stereocenters. The van der Waals surface area contributed by atoms with Gasteiger partial charge in [0.25, 0.3) is 11.5 Å². The van der Waals surface area contributed by atoms with Crippen LogP contribution in [0.2, 0.25) is 0 Å². The third-order valence-corrected chi connectivity index (χ3v) is 5.03. The largest absolute Gasteiger partial charge is 0.322 e. The molecule has 3 heterocycles. The van der Waals surface area contributed by atoms with E-state index in [1.54, 1.807) is 17.5 Å². The third kappa shape index (κ3) is 2.57. The van der Waals surface area contributed by atoms with Crippen molar-refractivity contribution in [1.29, 1.82) is 0 Å². The number of hydrogen-bond acceptors (Lipinski definition) is 5. The summed E-state index contributed by atoms with van der Waals surface area (Å²) in [4.78, 5) is 30.3. The van der Waals surface area contributed by atoms with Crippen LogP contribution in [0, 0.1) is 18.6 Å². The molecule has 0 saturated heterocycles. The van der Waals surface area contributed by atoms with Gasteiger partial charge >= 0.3 is 0 Å². The minimum atomic E-state index is -0.354. The number of nitrogens with one attached hydrogen (secondary N) is 2. The van der Waals surface area contributed by atoms with Crippen LogP contribution in [0.1, 0.15) is 20.1 Å². The molecule has 3 aromatic heterocycles. The van der Waals surface area contributed by atoms with Crippen LogP contribution in [0.5, 0.6) is 0 Å². The van der Waals surface area contributed by atoms with Crippen LogP contribution in [-0.4, -0.2) is 15.6 Å². The van der Waals surface area contributed by atoms with Gasteiger partial charge in [-0.05, 0) is 38.2 Å². The molecule has 3 aromatic rings. The molecule has 0 aliphatic carbocycles. The average molecular weight is 337 g/mol. The Morgan fingerprint density at radius 2 is 2.10 bits per heavy atom. The molecule has 5 nitrogen and oxygen atoms in total. The lowest BCUT2D eigenvalue weighted by Gasteiger charge is -2.07. The number of aromatic amines is 1. The van der Waals surface area contributed by atoms with Gasteiger partial charge in [-0.15, -0.1) is 22.7 Å². The van der Waals surface area contributed by atoms with Crippen molar-refractivity contribution < 1.29 is 4.79 Å². The second kappa shape index (κ2) is 5.21. The highest BCUT2D eigenvalue weighted by Crippen LogP contribution is 2.19. The van der Waals surface area contributed by atoms with Gasteiger partial charge in [-0.1, -0.05) is 0 Å². The summed E-state index contributed by atoms with van der Waals surface area (Å²) in [5.41, 5.74) is 2.74. The number of aryl methyl sites for hydroxylation is 2. The monoisotopic (exact) mass is 337 g/mol. The Labute approximate surface area is 132 Å². The molecule has 0 aliphatic rings. The van der Waals surface area contributed by atoms with E-state index in [0.717, 1.165) is 19.3 Å². The van der Waals surface area contributed by atoms with Crippen LogP contribution in [0.4, 0.5) is 0 Å². The standard InChI is InChI=1S/C13H11N3O2S3/c1-6-3-8(5-20-6)10(17)15-16-12(18)9-4-7(2)21-11(9)14-13(16)19/h3-5H,1-2H3,(H,14,19)(H,15,17). The highest BCUT2D eigenvalue weighted by Gasteiger charge is 2.12. The highest BCUT2D eigenvalue weighted by atomic mass is 32.1. The summed E-state index contributed by atoms with van der Waals surface area (Å²) in [5.74, 6) is -0.354. The maximum absolute atomic E-state index is 12.4. The zero-order chi connectivity index (χ0) is 15.1. The van der Waals surface area contributed by atoms with Crippen molar-refractivity contribution in [2.75, 3.05) is 5.43 Å². The minimum Gasteiger partial charge on any atom is -0.322 e. The van der Waals surface area contributed by atoms with E-state index < -0.39 is 0 Å². The van der Waals surface area contributed by atoms with Gasteiger partial charge in [0.2, 0.25) is 4.77 Å². The number of H-pyrrole nitrogens is 1. The van der Waals surface area contributed by atoms with Gasteiger partial charge in [0.1, 0.15) is 4.83 Å². The molecule has 0 bridgehead atoms. The van der Waals surface area contributed by atoms with Gasteiger partial charge in [0, 0.05) is 15.1 Å². The van der Waals surface area contributed by atoms with Crippen molar-refractivity contribution in [2.45, 2.75) is 13.8 Å². The fraction of sp³-hybridized carbons (Fsp3) is 0.154. The van der Waals surface area contributed by atoms with Crippen LogP contribution in [-0.2, 0) is 0 Å². The molecule has 0 radical (unpaired) electrons. The molecule has 108 valence electrons. The van der Waals surface area contributed by atoms with Gasteiger partial charge in [-0.25, -0.2) is 0 Å². The predicted molar refractivity (Wildman–Crippen MR) is 88.8 cm³/mol. The summed E-state index contributed by atoms with van der Waals surface area (Å²) in [6, 6.07) is 3.55. The number of nitrogens with zero attached hydrogens (tertiary/aromatic N) is 1. The molecule has 0 saturated carbocycles. The molecule has 0 atom stereocenters. The number of amides is 1. The quantitative estimate of drug-likeness (QED) is 0.706. The second-order valence-corrected chi connectivity index (χ2v) is 7.32. The summed E-state index contributed by atoms with van der Waals surface area (Å²) in [6.45, 7) is 3.83. The van der Waals surface area contributed by atoms with Crippen LogP contribution in [0.25, 0.3) is 10.2 Å². The van der Waals surface area contributed by atoms with Gasteiger partial charge in [0.15, 0.2) is 0 Å². The molecule has 1 amide bonds. The zero-order valence-corrected chi connectivity index (χ0v) is 13.7. The van der Waals surface area contributed by atoms with Crippen molar-refractivity contribution in [3.8, 4) is 0 Å². The van der Waals surface area contributed by atoms with Crippen molar-refractivity contribution in [2.24, 2.45) is 0 Å². The molecular weight excluding hydrogens is 326 g/mol. The Balaban J connectivity index is 2.06. The minimum absolute atomic E-state index is 0.176. The van der Waals surface area contributed by atoms with Gasteiger partial charge in [-0.3, -0.25) is 15.0 Å². The lowest BCUT2D eigenvalue weighted by molar-refractivity contribution is 0.101. The second-order valence-electron chi connectivity index (χ2n) is 4.56. The van der Waals surface area contributed by atoms with Crippen LogP contribution >= 0.6 is 34.9 Å². The van der Waals surface area contributed by atoms with E-state index in [0.29, 0.717) is 10.9 Å². The molecule has 0 aromatic carbocycles. The van der Waals surface area contributed by atoms with Crippen molar-refractivity contribution in [3.05, 3.63) is 48.0 Å². The first kappa shape index (κ1) is 14.2. The summed E-state index contributed by atoms with van der Waals surface area (Å²) in [5, 5.41) is 2.27. The van der Waals surface area contributed by atoms with E-state index in [1.807, 2.05) is 13.8 Å². The number of rotatable bonds is 2. The lowest BCUT2D eigenvalue weighted by atomic mass is 10.3. The SMILES string of the molecule is Cc1cc(C(=O)Nn2c(=S)[nH]c3sc(C)cc3c2=O)cs1. The van der Waals surface area contributed by atoms with Gasteiger partial charge in [-0.2, -0.15) is 4.68 Å². The topological polar surface area (TPSA) is 66.9 Å². The van der Waals surface area contributed by atoms with Crippen LogP contribution in [0.3, 0.4) is 0 Å². The molecule has 0 fully saturated rings. The Hall–Kier alpha value is -1.77. The fourth-order valence-electron chi connectivity index (χ4n) is 1.96. The number of aromatic nitrogens is 2. The van der Waals surface area contributed by atoms with E-state index in [9.17, 15) is 9.59 Å². The Kier molecular flexibility index (Phi) is 3.52. The molecular formula is C13H11N3O2S3. The number of fused-ring (bicyclic) bond motifs is 1. The van der Waals surface area contributed by atoms with Gasteiger partial charge in [0.05, 0.1) is 10.9 Å². The normalized spacial score (nSPS) is 11.0. The molecule has 21 heavy (non-hydrogen) atoms. The van der Waals surface area contributed by atoms with Crippen molar-refractivity contribution >= 4 is 51.0 Å². The first-order valence-electron chi connectivity index (χ1n) is 6.07. The lowest BCUT2D eigenvalue weighted by Crippen LogP contribution is -2.34. The fourth-order valence-corrected chi connectivity index (χ4v) is 3.84. The summed E-state index contributed by atoms with van der Waals surface area (Å²) in [6.07, 6.45) is 0. The Morgan fingerprint density at radius 1 is 1.33 bits per heavy atom.